The molecule has 1 rings (SSSR count). The van der Waals surface area contributed by atoms with Crippen molar-refractivity contribution in [2.75, 3.05) is 6.54 Å². The van der Waals surface area contributed by atoms with E-state index in [-0.39, 0.29) is 0 Å². The molecule has 1 aliphatic rings. The maximum Gasteiger partial charge on any atom is 0.248 e. The van der Waals surface area contributed by atoms with Gasteiger partial charge in [0.2, 0.25) is 5.92 Å². The number of hydrogen-bond acceptors (Lipinski definition) is 1. The van der Waals surface area contributed by atoms with E-state index in [9.17, 15) is 8.78 Å². The molecule has 2 unspecified atom stereocenters. The molecule has 0 bridgehead atoms. The molecule has 0 spiro atoms. The lowest BCUT2D eigenvalue weighted by molar-refractivity contribution is -0.0602. The van der Waals surface area contributed by atoms with Crippen molar-refractivity contribution in [3.63, 3.8) is 0 Å². The van der Waals surface area contributed by atoms with Crippen LogP contribution in [0.3, 0.4) is 0 Å². The van der Waals surface area contributed by atoms with Gasteiger partial charge in [-0.15, -0.1) is 0 Å². The number of halogens is 2. The molecule has 0 aromatic rings. The summed E-state index contributed by atoms with van der Waals surface area (Å²) in [6.45, 7) is 1.59. The molecule has 3 heteroatoms. The van der Waals surface area contributed by atoms with E-state index < -0.39 is 11.8 Å². The van der Waals surface area contributed by atoms with Gasteiger partial charge in [-0.1, -0.05) is 6.42 Å². The highest BCUT2D eigenvalue weighted by molar-refractivity contribution is 4.80. The van der Waals surface area contributed by atoms with E-state index >= 15 is 0 Å². The Hall–Kier alpha value is -0.180. The predicted molar refractivity (Wildman–Crippen MR) is 45.1 cm³/mol. The first kappa shape index (κ1) is 9.90. The standard InChI is InChI=1S/C9H17F2N/c1-9(10,11)8-4-2-3-7(5-8)6-12/h7-8H,2-6,12H2,1H3. The summed E-state index contributed by atoms with van der Waals surface area (Å²) < 4.78 is 25.8. The van der Waals surface area contributed by atoms with Gasteiger partial charge in [-0.3, -0.25) is 0 Å². The van der Waals surface area contributed by atoms with E-state index in [1.807, 2.05) is 0 Å². The van der Waals surface area contributed by atoms with Crippen LogP contribution >= 0.6 is 0 Å². The highest BCUT2D eigenvalue weighted by atomic mass is 19.3. The molecular weight excluding hydrogens is 160 g/mol. The van der Waals surface area contributed by atoms with Gasteiger partial charge in [0.25, 0.3) is 0 Å². The molecule has 1 saturated carbocycles. The molecule has 2 N–H and O–H groups in total. The summed E-state index contributed by atoms with van der Waals surface area (Å²) >= 11 is 0. The molecule has 0 amide bonds. The third-order valence-corrected chi connectivity index (χ3v) is 2.83. The Morgan fingerprint density at radius 2 is 2.08 bits per heavy atom. The highest BCUT2D eigenvalue weighted by Gasteiger charge is 2.37. The van der Waals surface area contributed by atoms with Gasteiger partial charge < -0.3 is 5.73 Å². The fourth-order valence-corrected chi connectivity index (χ4v) is 1.97. The molecule has 72 valence electrons. The molecule has 1 aliphatic carbocycles. The normalized spacial score (nSPS) is 32.0. The molecular formula is C9H17F2N. The van der Waals surface area contributed by atoms with E-state index in [0.717, 1.165) is 19.8 Å². The average Bonchev–Trinajstić information content (AvgIpc) is 2.03. The van der Waals surface area contributed by atoms with Gasteiger partial charge in [0.15, 0.2) is 0 Å². The summed E-state index contributed by atoms with van der Waals surface area (Å²) in [4.78, 5) is 0. The maximum atomic E-state index is 12.9. The SMILES string of the molecule is CC(F)(F)C1CCCC(CN)C1. The number of hydrogen-bond donors (Lipinski definition) is 1. The molecule has 1 fully saturated rings. The topological polar surface area (TPSA) is 26.0 Å². The van der Waals surface area contributed by atoms with Crippen LogP contribution in [0.25, 0.3) is 0 Å². The summed E-state index contributed by atoms with van der Waals surface area (Å²) in [5, 5.41) is 0. The van der Waals surface area contributed by atoms with Crippen LogP contribution < -0.4 is 5.73 Å². The van der Waals surface area contributed by atoms with Crippen LogP contribution in [0.2, 0.25) is 0 Å². The van der Waals surface area contributed by atoms with E-state index in [0.29, 0.717) is 25.3 Å². The van der Waals surface area contributed by atoms with Crippen molar-refractivity contribution in [2.24, 2.45) is 17.6 Å². The van der Waals surface area contributed by atoms with E-state index in [2.05, 4.69) is 0 Å². The smallest absolute Gasteiger partial charge is 0.248 e. The van der Waals surface area contributed by atoms with Crippen molar-refractivity contribution in [1.29, 1.82) is 0 Å². The van der Waals surface area contributed by atoms with Crippen molar-refractivity contribution in [2.45, 2.75) is 38.5 Å². The van der Waals surface area contributed by atoms with E-state index in [1.54, 1.807) is 0 Å². The van der Waals surface area contributed by atoms with Crippen molar-refractivity contribution in [3.05, 3.63) is 0 Å². The predicted octanol–water partition coefficient (Wildman–Crippen LogP) is 2.41. The fourth-order valence-electron chi connectivity index (χ4n) is 1.97. The second-order valence-electron chi connectivity index (χ2n) is 3.92. The first-order valence-corrected chi connectivity index (χ1v) is 4.62. The molecule has 0 aromatic heterocycles. The van der Waals surface area contributed by atoms with Gasteiger partial charge in [0, 0.05) is 5.92 Å². The quantitative estimate of drug-likeness (QED) is 0.688. The number of nitrogens with two attached hydrogens (primary N) is 1. The zero-order chi connectivity index (χ0) is 9.19. The van der Waals surface area contributed by atoms with Crippen LogP contribution in [-0.2, 0) is 0 Å². The molecule has 0 radical (unpaired) electrons. The molecule has 0 heterocycles. The highest BCUT2D eigenvalue weighted by Crippen LogP contribution is 2.38. The minimum atomic E-state index is -2.51. The van der Waals surface area contributed by atoms with Crippen LogP contribution in [0.5, 0.6) is 0 Å². The zero-order valence-electron chi connectivity index (χ0n) is 7.52. The van der Waals surface area contributed by atoms with Crippen molar-refractivity contribution < 1.29 is 8.78 Å². The van der Waals surface area contributed by atoms with Gasteiger partial charge in [-0.05, 0) is 38.6 Å². The second kappa shape index (κ2) is 3.69. The van der Waals surface area contributed by atoms with Crippen molar-refractivity contribution >= 4 is 0 Å². The van der Waals surface area contributed by atoms with E-state index in [4.69, 9.17) is 5.73 Å². The fraction of sp³-hybridized carbons (Fsp3) is 1.00. The lowest BCUT2D eigenvalue weighted by atomic mass is 9.79. The minimum absolute atomic E-state index is 0.328. The lowest BCUT2D eigenvalue weighted by Crippen LogP contribution is -2.32. The molecule has 0 aliphatic heterocycles. The van der Waals surface area contributed by atoms with Crippen LogP contribution in [-0.4, -0.2) is 12.5 Å². The van der Waals surface area contributed by atoms with Crippen LogP contribution in [0.4, 0.5) is 8.78 Å². The molecule has 2 atom stereocenters. The Kier molecular flexibility index (Phi) is 3.04. The Labute approximate surface area is 72.3 Å². The Morgan fingerprint density at radius 1 is 1.42 bits per heavy atom. The summed E-state index contributed by atoms with van der Waals surface area (Å²) in [5.41, 5.74) is 5.46. The van der Waals surface area contributed by atoms with Crippen LogP contribution in [0, 0.1) is 11.8 Å². The second-order valence-corrected chi connectivity index (χ2v) is 3.92. The molecule has 12 heavy (non-hydrogen) atoms. The van der Waals surface area contributed by atoms with Gasteiger partial charge >= 0.3 is 0 Å². The van der Waals surface area contributed by atoms with Gasteiger partial charge in [0.05, 0.1) is 0 Å². The first-order chi connectivity index (χ1) is 5.54. The maximum absolute atomic E-state index is 12.9. The molecule has 1 nitrogen and oxygen atoms in total. The largest absolute Gasteiger partial charge is 0.330 e. The Morgan fingerprint density at radius 3 is 2.58 bits per heavy atom. The Bertz CT molecular complexity index is 142. The average molecular weight is 177 g/mol. The summed E-state index contributed by atoms with van der Waals surface area (Å²) in [5.74, 6) is -2.61. The van der Waals surface area contributed by atoms with E-state index in [1.165, 1.54) is 0 Å². The number of alkyl halides is 2. The minimum Gasteiger partial charge on any atom is -0.330 e. The summed E-state index contributed by atoms with van der Waals surface area (Å²) in [7, 11) is 0. The third kappa shape index (κ3) is 2.41. The Balaban J connectivity index is 2.46. The van der Waals surface area contributed by atoms with Gasteiger partial charge in [0.1, 0.15) is 0 Å². The van der Waals surface area contributed by atoms with Gasteiger partial charge in [-0.2, -0.15) is 0 Å². The van der Waals surface area contributed by atoms with Crippen molar-refractivity contribution in [1.82, 2.24) is 0 Å². The summed E-state index contributed by atoms with van der Waals surface area (Å²) in [6.07, 6.45) is 3.22. The van der Waals surface area contributed by atoms with Gasteiger partial charge in [-0.25, -0.2) is 8.78 Å². The first-order valence-electron chi connectivity index (χ1n) is 4.62. The monoisotopic (exact) mass is 177 g/mol. The number of rotatable bonds is 2. The van der Waals surface area contributed by atoms with Crippen LogP contribution in [0.1, 0.15) is 32.6 Å². The third-order valence-electron chi connectivity index (χ3n) is 2.83. The lowest BCUT2D eigenvalue weighted by Gasteiger charge is -2.31. The molecule has 0 aromatic carbocycles. The molecule has 0 saturated heterocycles. The van der Waals surface area contributed by atoms with Crippen molar-refractivity contribution in [3.8, 4) is 0 Å². The summed E-state index contributed by atoms with van der Waals surface area (Å²) in [6, 6.07) is 0. The van der Waals surface area contributed by atoms with Crippen LogP contribution in [0.15, 0.2) is 0 Å². The zero-order valence-corrected chi connectivity index (χ0v) is 7.52.